The lowest BCUT2D eigenvalue weighted by Crippen LogP contribution is -2.00. The standard InChI is InChI=1S/C10H11NO2S/c1-7-6-14-10(11-7)9(12)5-8-3-2-4-13-8/h2-4,6,9,12H,5H2,1H3. The minimum atomic E-state index is -0.556. The third-order valence-electron chi connectivity index (χ3n) is 1.90. The number of thiazole rings is 1. The van der Waals surface area contributed by atoms with Crippen LogP contribution in [0.2, 0.25) is 0 Å². The Morgan fingerprint density at radius 1 is 1.64 bits per heavy atom. The molecule has 2 aromatic rings. The first-order chi connectivity index (χ1) is 6.75. The maximum atomic E-state index is 9.79. The van der Waals surface area contributed by atoms with Gasteiger partial charge in [-0.3, -0.25) is 0 Å². The van der Waals surface area contributed by atoms with E-state index in [-0.39, 0.29) is 0 Å². The molecule has 0 aliphatic carbocycles. The summed E-state index contributed by atoms with van der Waals surface area (Å²) in [6, 6.07) is 3.67. The van der Waals surface area contributed by atoms with Gasteiger partial charge in [0.05, 0.1) is 6.26 Å². The van der Waals surface area contributed by atoms with Gasteiger partial charge in [-0.05, 0) is 19.1 Å². The van der Waals surface area contributed by atoms with Gasteiger partial charge < -0.3 is 9.52 Å². The predicted molar refractivity (Wildman–Crippen MR) is 54.2 cm³/mol. The second-order valence-corrected chi connectivity index (χ2v) is 4.02. The topological polar surface area (TPSA) is 46.3 Å². The maximum absolute atomic E-state index is 9.79. The first kappa shape index (κ1) is 9.43. The summed E-state index contributed by atoms with van der Waals surface area (Å²) in [5.41, 5.74) is 0.948. The summed E-state index contributed by atoms with van der Waals surface area (Å²) in [5.74, 6) is 0.783. The molecule has 0 saturated heterocycles. The molecule has 1 N–H and O–H groups in total. The molecular weight excluding hydrogens is 198 g/mol. The Labute approximate surface area is 86.0 Å². The predicted octanol–water partition coefficient (Wildman–Crippen LogP) is 2.32. The van der Waals surface area contributed by atoms with E-state index in [9.17, 15) is 5.11 Å². The van der Waals surface area contributed by atoms with Crippen molar-refractivity contribution in [3.05, 3.63) is 40.2 Å². The van der Waals surface area contributed by atoms with E-state index in [0.717, 1.165) is 16.5 Å². The van der Waals surface area contributed by atoms with E-state index >= 15 is 0 Å². The van der Waals surface area contributed by atoms with Gasteiger partial charge in [-0.1, -0.05) is 0 Å². The molecule has 2 heterocycles. The molecule has 0 spiro atoms. The Balaban J connectivity index is 2.06. The highest BCUT2D eigenvalue weighted by molar-refractivity contribution is 7.09. The van der Waals surface area contributed by atoms with Crippen LogP contribution in [0.5, 0.6) is 0 Å². The lowest BCUT2D eigenvalue weighted by molar-refractivity contribution is 0.170. The first-order valence-electron chi connectivity index (χ1n) is 4.38. The Morgan fingerprint density at radius 2 is 2.50 bits per heavy atom. The van der Waals surface area contributed by atoms with E-state index in [1.165, 1.54) is 11.3 Å². The van der Waals surface area contributed by atoms with E-state index in [4.69, 9.17) is 4.42 Å². The average molecular weight is 209 g/mol. The highest BCUT2D eigenvalue weighted by Gasteiger charge is 2.13. The van der Waals surface area contributed by atoms with Crippen molar-refractivity contribution in [2.45, 2.75) is 19.4 Å². The van der Waals surface area contributed by atoms with Crippen LogP contribution in [-0.4, -0.2) is 10.1 Å². The zero-order valence-corrected chi connectivity index (χ0v) is 8.62. The summed E-state index contributed by atoms with van der Waals surface area (Å²) in [5, 5.41) is 12.5. The largest absolute Gasteiger partial charge is 0.469 e. The van der Waals surface area contributed by atoms with Crippen molar-refractivity contribution in [3.8, 4) is 0 Å². The van der Waals surface area contributed by atoms with Crippen molar-refractivity contribution in [1.29, 1.82) is 0 Å². The van der Waals surface area contributed by atoms with Crippen LogP contribution in [-0.2, 0) is 6.42 Å². The number of nitrogens with zero attached hydrogens (tertiary/aromatic N) is 1. The second-order valence-electron chi connectivity index (χ2n) is 3.13. The molecule has 1 unspecified atom stereocenters. The Bertz CT molecular complexity index is 394. The molecule has 74 valence electrons. The van der Waals surface area contributed by atoms with Crippen LogP contribution in [0.25, 0.3) is 0 Å². The Hall–Kier alpha value is -1.13. The molecule has 0 aliphatic rings. The molecule has 1 atom stereocenters. The maximum Gasteiger partial charge on any atom is 0.122 e. The van der Waals surface area contributed by atoms with Crippen molar-refractivity contribution in [2.75, 3.05) is 0 Å². The van der Waals surface area contributed by atoms with Crippen molar-refractivity contribution in [2.24, 2.45) is 0 Å². The minimum Gasteiger partial charge on any atom is -0.469 e. The zero-order chi connectivity index (χ0) is 9.97. The van der Waals surface area contributed by atoms with Crippen LogP contribution in [0, 0.1) is 6.92 Å². The number of aromatic nitrogens is 1. The van der Waals surface area contributed by atoms with Crippen molar-refractivity contribution >= 4 is 11.3 Å². The molecular formula is C10H11NO2S. The highest BCUT2D eigenvalue weighted by atomic mass is 32.1. The van der Waals surface area contributed by atoms with Crippen LogP contribution in [0.1, 0.15) is 22.6 Å². The Morgan fingerprint density at radius 3 is 3.07 bits per heavy atom. The molecule has 0 bridgehead atoms. The van der Waals surface area contributed by atoms with Crippen LogP contribution < -0.4 is 0 Å². The molecule has 3 nitrogen and oxygen atoms in total. The smallest absolute Gasteiger partial charge is 0.122 e. The first-order valence-corrected chi connectivity index (χ1v) is 5.26. The molecule has 0 amide bonds. The second kappa shape index (κ2) is 3.94. The van der Waals surface area contributed by atoms with Crippen LogP contribution >= 0.6 is 11.3 Å². The third kappa shape index (κ3) is 2.02. The number of aliphatic hydroxyl groups excluding tert-OH is 1. The van der Waals surface area contributed by atoms with Gasteiger partial charge in [-0.2, -0.15) is 0 Å². The number of hydrogen-bond acceptors (Lipinski definition) is 4. The molecule has 2 aromatic heterocycles. The number of rotatable bonds is 3. The van der Waals surface area contributed by atoms with Gasteiger partial charge in [0, 0.05) is 17.5 Å². The molecule has 14 heavy (non-hydrogen) atoms. The van der Waals surface area contributed by atoms with Crippen LogP contribution in [0.15, 0.2) is 28.2 Å². The van der Waals surface area contributed by atoms with E-state index in [1.54, 1.807) is 6.26 Å². The third-order valence-corrected chi connectivity index (χ3v) is 2.96. The fourth-order valence-electron chi connectivity index (χ4n) is 1.23. The monoisotopic (exact) mass is 209 g/mol. The van der Waals surface area contributed by atoms with Crippen molar-refractivity contribution in [1.82, 2.24) is 4.98 Å². The van der Waals surface area contributed by atoms with Gasteiger partial charge in [0.15, 0.2) is 0 Å². The average Bonchev–Trinajstić information content (AvgIpc) is 2.75. The van der Waals surface area contributed by atoms with Gasteiger partial charge in [-0.15, -0.1) is 11.3 Å². The van der Waals surface area contributed by atoms with Gasteiger partial charge in [0.1, 0.15) is 16.9 Å². The number of aliphatic hydroxyl groups is 1. The van der Waals surface area contributed by atoms with Gasteiger partial charge in [-0.25, -0.2) is 4.98 Å². The number of aryl methyl sites for hydroxylation is 1. The minimum absolute atomic E-state index is 0.486. The summed E-state index contributed by atoms with van der Waals surface area (Å²) < 4.78 is 5.15. The van der Waals surface area contributed by atoms with Crippen molar-refractivity contribution in [3.63, 3.8) is 0 Å². The summed E-state index contributed by atoms with van der Waals surface area (Å²) in [7, 11) is 0. The van der Waals surface area contributed by atoms with E-state index in [2.05, 4.69) is 4.98 Å². The fourth-order valence-corrected chi connectivity index (χ4v) is 2.01. The molecule has 0 aromatic carbocycles. The molecule has 4 heteroatoms. The van der Waals surface area contributed by atoms with Crippen LogP contribution in [0.3, 0.4) is 0 Å². The molecule has 2 rings (SSSR count). The van der Waals surface area contributed by atoms with Gasteiger partial charge in [0.25, 0.3) is 0 Å². The summed E-state index contributed by atoms with van der Waals surface area (Å²) in [4.78, 5) is 4.22. The Kier molecular flexibility index (Phi) is 2.65. The van der Waals surface area contributed by atoms with Crippen molar-refractivity contribution < 1.29 is 9.52 Å². The lowest BCUT2D eigenvalue weighted by Gasteiger charge is -2.03. The quantitative estimate of drug-likeness (QED) is 0.843. The fraction of sp³-hybridized carbons (Fsp3) is 0.300. The van der Waals surface area contributed by atoms with E-state index < -0.39 is 6.10 Å². The number of hydrogen-bond donors (Lipinski definition) is 1. The molecule has 0 radical (unpaired) electrons. The van der Waals surface area contributed by atoms with E-state index in [1.807, 2.05) is 24.4 Å². The van der Waals surface area contributed by atoms with Gasteiger partial charge >= 0.3 is 0 Å². The summed E-state index contributed by atoms with van der Waals surface area (Å²) >= 11 is 1.48. The zero-order valence-electron chi connectivity index (χ0n) is 7.80. The van der Waals surface area contributed by atoms with Crippen LogP contribution in [0.4, 0.5) is 0 Å². The molecule has 0 aliphatic heterocycles. The normalized spacial score (nSPS) is 13.0. The molecule has 0 saturated carbocycles. The number of furan rings is 1. The van der Waals surface area contributed by atoms with E-state index in [0.29, 0.717) is 6.42 Å². The highest BCUT2D eigenvalue weighted by Crippen LogP contribution is 2.21. The van der Waals surface area contributed by atoms with Gasteiger partial charge in [0.2, 0.25) is 0 Å². The SMILES string of the molecule is Cc1csc(C(O)Cc2ccco2)n1. The lowest BCUT2D eigenvalue weighted by atomic mass is 10.2. The molecule has 0 fully saturated rings. The summed E-state index contributed by atoms with van der Waals surface area (Å²) in [6.45, 7) is 1.92. The summed E-state index contributed by atoms with van der Waals surface area (Å²) in [6.07, 6.45) is 1.54.